The lowest BCUT2D eigenvalue weighted by atomic mass is 9.95. The number of nitrogens with one attached hydrogen (secondary N) is 1. The van der Waals surface area contributed by atoms with Crippen molar-refractivity contribution >= 4 is 29.2 Å². The minimum Gasteiger partial charge on any atom is -0.495 e. The van der Waals surface area contributed by atoms with E-state index in [2.05, 4.69) is 44.4 Å². The van der Waals surface area contributed by atoms with Crippen molar-refractivity contribution in [2.75, 3.05) is 43.5 Å². The second-order valence-electron chi connectivity index (χ2n) is 10.4. The molecule has 1 saturated heterocycles. The number of nitrogens with zero attached hydrogens (tertiary/aromatic N) is 3. The number of aromatic nitrogens is 1. The van der Waals surface area contributed by atoms with Crippen molar-refractivity contribution < 1.29 is 28.6 Å². The van der Waals surface area contributed by atoms with Crippen molar-refractivity contribution in [3.63, 3.8) is 0 Å². The third-order valence-corrected chi connectivity index (χ3v) is 7.66. The molecule has 2 bridgehead atoms. The van der Waals surface area contributed by atoms with Crippen LogP contribution in [0.1, 0.15) is 21.5 Å². The lowest BCUT2D eigenvalue weighted by Gasteiger charge is -2.36. The van der Waals surface area contributed by atoms with Crippen LogP contribution in [0.15, 0.2) is 79.1 Å². The van der Waals surface area contributed by atoms with E-state index in [4.69, 9.17) is 14.2 Å². The van der Waals surface area contributed by atoms with Crippen LogP contribution in [0.25, 0.3) is 11.1 Å². The molecule has 0 unspecified atom stereocenters. The number of esters is 2. The zero-order valence-electron chi connectivity index (χ0n) is 23.8. The first-order chi connectivity index (χ1) is 20.9. The second kappa shape index (κ2) is 11.9. The number of carbonyl (C=O) groups is 3. The van der Waals surface area contributed by atoms with Gasteiger partial charge in [-0.25, -0.2) is 9.59 Å². The molecule has 4 aromatic rings. The minimum atomic E-state index is -1.20. The molecular formula is C33H30N4O6. The molecule has 218 valence electrons. The highest BCUT2D eigenvalue weighted by Crippen LogP contribution is 2.42. The number of benzene rings is 3. The third kappa shape index (κ3) is 5.77. The zero-order valence-corrected chi connectivity index (χ0v) is 23.8. The Labute approximate surface area is 248 Å². The van der Waals surface area contributed by atoms with Gasteiger partial charge in [-0.15, -0.1) is 0 Å². The van der Waals surface area contributed by atoms with E-state index < -0.39 is 17.8 Å². The van der Waals surface area contributed by atoms with E-state index in [1.807, 2.05) is 18.2 Å². The molecule has 43 heavy (non-hydrogen) atoms. The molecule has 1 N–H and O–H groups in total. The number of carbonyl (C=O) groups excluding carboxylic acids is 3. The Morgan fingerprint density at radius 1 is 0.930 bits per heavy atom. The Bertz CT molecular complexity index is 1690. The van der Waals surface area contributed by atoms with E-state index in [0.717, 1.165) is 38.4 Å². The number of piperazine rings is 1. The summed E-state index contributed by atoms with van der Waals surface area (Å²) in [5.41, 5.74) is 4.47. The maximum Gasteiger partial charge on any atom is 0.423 e. The molecule has 1 amide bonds. The van der Waals surface area contributed by atoms with E-state index in [1.54, 1.807) is 44.6 Å². The predicted molar refractivity (Wildman–Crippen MR) is 161 cm³/mol. The number of rotatable bonds is 7. The molecule has 0 atom stereocenters. The third-order valence-electron chi connectivity index (χ3n) is 7.66. The first-order valence-electron chi connectivity index (χ1n) is 13.9. The number of hydrogen-bond acceptors (Lipinski definition) is 9. The molecule has 7 rings (SSSR count). The standard InChI is InChI=1S/C33H30N4O6/c1-21-29(23-10-12-34-13-11-23)28-19-25(30(21)43-33(40)32(39)42-28)31(38)35-24-8-9-27(41-2)26(18-24)37-16-14-36(15-17-37)20-22-6-4-3-5-7-22/h3-13,18-19H,14-17,20H2,1-2H3,(H,35,38). The zero-order chi connectivity index (χ0) is 29.9. The van der Waals surface area contributed by atoms with Gasteiger partial charge in [0, 0.05) is 61.9 Å². The number of pyridine rings is 1. The SMILES string of the molecule is COc1ccc(NC(=O)c2cc3c(-c4ccncc4)c(C)c2OC(=O)C(=O)O3)cc1N1CCN(Cc2ccccc2)CC1. The maximum absolute atomic E-state index is 13.6. The molecule has 4 heterocycles. The van der Waals surface area contributed by atoms with Crippen LogP contribution in [-0.4, -0.2) is 61.0 Å². The molecule has 1 fully saturated rings. The summed E-state index contributed by atoms with van der Waals surface area (Å²) < 4.78 is 16.4. The number of ether oxygens (including phenoxy) is 3. The molecule has 3 aliphatic rings. The van der Waals surface area contributed by atoms with Gasteiger partial charge in [-0.05, 0) is 54.4 Å². The van der Waals surface area contributed by atoms with Gasteiger partial charge in [-0.3, -0.25) is 14.7 Å². The van der Waals surface area contributed by atoms with Gasteiger partial charge >= 0.3 is 11.9 Å². The van der Waals surface area contributed by atoms with Crippen molar-refractivity contribution in [3.8, 4) is 28.4 Å². The van der Waals surface area contributed by atoms with E-state index >= 15 is 0 Å². The lowest BCUT2D eigenvalue weighted by molar-refractivity contribution is -0.156. The average molecular weight is 579 g/mol. The number of fused-ring (bicyclic) bond motifs is 5. The van der Waals surface area contributed by atoms with Crippen LogP contribution in [-0.2, 0) is 16.1 Å². The van der Waals surface area contributed by atoms with Crippen LogP contribution in [0.3, 0.4) is 0 Å². The van der Waals surface area contributed by atoms with Gasteiger partial charge in [0.1, 0.15) is 17.2 Å². The van der Waals surface area contributed by atoms with Gasteiger partial charge in [0.25, 0.3) is 5.91 Å². The Morgan fingerprint density at radius 3 is 2.37 bits per heavy atom. The predicted octanol–water partition coefficient (Wildman–Crippen LogP) is 4.46. The molecule has 0 aliphatic carbocycles. The van der Waals surface area contributed by atoms with E-state index in [-0.39, 0.29) is 17.1 Å². The van der Waals surface area contributed by atoms with Crippen molar-refractivity contribution in [1.29, 1.82) is 0 Å². The smallest absolute Gasteiger partial charge is 0.423 e. The molecule has 0 saturated carbocycles. The summed E-state index contributed by atoms with van der Waals surface area (Å²) in [5.74, 6) is -2.09. The van der Waals surface area contributed by atoms with Crippen molar-refractivity contribution in [2.24, 2.45) is 0 Å². The number of methoxy groups -OCH3 is 1. The topological polar surface area (TPSA) is 110 Å². The fourth-order valence-electron chi connectivity index (χ4n) is 5.50. The largest absolute Gasteiger partial charge is 0.495 e. The highest BCUT2D eigenvalue weighted by atomic mass is 16.6. The van der Waals surface area contributed by atoms with Crippen LogP contribution in [0.2, 0.25) is 0 Å². The number of anilines is 2. The minimum absolute atomic E-state index is 0.00187. The fourth-order valence-corrected chi connectivity index (χ4v) is 5.50. The van der Waals surface area contributed by atoms with Crippen LogP contribution in [0.5, 0.6) is 17.2 Å². The van der Waals surface area contributed by atoms with E-state index in [9.17, 15) is 14.4 Å². The lowest BCUT2D eigenvalue weighted by Crippen LogP contribution is -2.46. The first-order valence-corrected chi connectivity index (χ1v) is 13.9. The molecule has 0 spiro atoms. The quantitative estimate of drug-likeness (QED) is 0.193. The molecule has 10 heteroatoms. The molecule has 0 radical (unpaired) electrons. The molecular weight excluding hydrogens is 548 g/mol. The summed E-state index contributed by atoms with van der Waals surface area (Å²) in [6.45, 7) is 5.96. The first kappa shape index (κ1) is 27.9. The van der Waals surface area contributed by atoms with Crippen LogP contribution >= 0.6 is 0 Å². The van der Waals surface area contributed by atoms with E-state index in [0.29, 0.717) is 28.1 Å². The van der Waals surface area contributed by atoms with Crippen molar-refractivity contribution in [2.45, 2.75) is 13.5 Å². The van der Waals surface area contributed by atoms with Crippen molar-refractivity contribution in [1.82, 2.24) is 9.88 Å². The van der Waals surface area contributed by atoms with Crippen molar-refractivity contribution in [3.05, 3.63) is 95.8 Å². The molecule has 10 nitrogen and oxygen atoms in total. The van der Waals surface area contributed by atoms with E-state index in [1.165, 1.54) is 11.6 Å². The number of amides is 1. The summed E-state index contributed by atoms with van der Waals surface area (Å²) in [6, 6.07) is 20.8. The van der Waals surface area contributed by atoms with Crippen LogP contribution < -0.4 is 24.4 Å². The van der Waals surface area contributed by atoms with Gasteiger partial charge < -0.3 is 24.4 Å². The summed E-state index contributed by atoms with van der Waals surface area (Å²) in [7, 11) is 1.62. The molecule has 3 aromatic carbocycles. The number of hydrogen-bond donors (Lipinski definition) is 1. The summed E-state index contributed by atoms with van der Waals surface area (Å²) >= 11 is 0. The molecule has 1 aromatic heterocycles. The summed E-state index contributed by atoms with van der Waals surface area (Å²) in [6.07, 6.45) is 3.20. The summed E-state index contributed by atoms with van der Waals surface area (Å²) in [5, 5.41) is 2.92. The maximum atomic E-state index is 13.6. The molecule has 3 aliphatic heterocycles. The van der Waals surface area contributed by atoms with Gasteiger partial charge in [0.15, 0.2) is 0 Å². The fraction of sp³-hybridized carbons (Fsp3) is 0.212. The van der Waals surface area contributed by atoms with Gasteiger partial charge in [-0.2, -0.15) is 0 Å². The van der Waals surface area contributed by atoms with Gasteiger partial charge in [-0.1, -0.05) is 30.3 Å². The Balaban J connectivity index is 1.25. The Morgan fingerprint density at radius 2 is 1.65 bits per heavy atom. The Hall–Kier alpha value is -5.22. The average Bonchev–Trinajstić information content (AvgIpc) is 3.02. The van der Waals surface area contributed by atoms with Gasteiger partial charge in [0.2, 0.25) is 0 Å². The highest BCUT2D eigenvalue weighted by molar-refractivity contribution is 6.31. The second-order valence-corrected chi connectivity index (χ2v) is 10.4. The summed E-state index contributed by atoms with van der Waals surface area (Å²) in [4.78, 5) is 46.9. The normalized spacial score (nSPS) is 14.9. The van der Waals surface area contributed by atoms with Gasteiger partial charge in [0.05, 0.1) is 18.4 Å². The van der Waals surface area contributed by atoms with Crippen LogP contribution in [0.4, 0.5) is 11.4 Å². The monoisotopic (exact) mass is 578 g/mol. The Kier molecular flexibility index (Phi) is 7.76. The van der Waals surface area contributed by atoms with Crippen LogP contribution in [0, 0.1) is 6.92 Å². The highest BCUT2D eigenvalue weighted by Gasteiger charge is 2.32.